The lowest BCUT2D eigenvalue weighted by molar-refractivity contribution is -0.433. The minimum atomic E-state index is -0.250. The van der Waals surface area contributed by atoms with Crippen LogP contribution in [-0.4, -0.2) is 0 Å². The van der Waals surface area contributed by atoms with Gasteiger partial charge in [0, 0.05) is 12.1 Å². The summed E-state index contributed by atoms with van der Waals surface area (Å²) < 4.78 is 12.6. The predicted octanol–water partition coefficient (Wildman–Crippen LogP) is 2.32. The van der Waals surface area contributed by atoms with Crippen LogP contribution in [0.15, 0.2) is 59.7 Å². The summed E-state index contributed by atoms with van der Waals surface area (Å²) in [5, 5.41) is 6.98. The topological polar surface area (TPSA) is 26.3 Å². The van der Waals surface area contributed by atoms with E-state index in [1.165, 1.54) is 12.1 Å². The number of halogens is 1. The molecule has 0 atom stereocenters. The molecule has 2 aromatic rings. The molecule has 0 fully saturated rings. The summed E-state index contributed by atoms with van der Waals surface area (Å²) >= 11 is 0. The predicted molar refractivity (Wildman–Crippen MR) is 55.6 cm³/mol. The molecule has 2 aromatic carbocycles. The van der Waals surface area contributed by atoms with Crippen LogP contribution in [0.3, 0.4) is 0 Å². The molecule has 0 bridgehead atoms. The maximum atomic E-state index is 12.6. The summed E-state index contributed by atoms with van der Waals surface area (Å²) in [5.41, 5.74) is 1.60. The van der Waals surface area contributed by atoms with Crippen molar-refractivity contribution in [1.82, 2.24) is 0 Å². The van der Waals surface area contributed by atoms with Crippen molar-refractivity contribution < 1.29 is 9.50 Å². The highest BCUT2D eigenvalue weighted by molar-refractivity contribution is 5.34. The molecular formula is C12H10FN2+. The zero-order valence-corrected chi connectivity index (χ0v) is 8.02. The van der Waals surface area contributed by atoms with Gasteiger partial charge >= 0.3 is 0 Å². The SMILES string of the molecule is Fc1ccc([NH+]=Nc2ccccc2)cc1. The largest absolute Gasteiger partial charge is 0.229 e. The summed E-state index contributed by atoms with van der Waals surface area (Å²) in [6.45, 7) is 0. The Morgan fingerprint density at radius 1 is 0.867 bits per heavy atom. The molecule has 0 aliphatic rings. The van der Waals surface area contributed by atoms with Crippen molar-refractivity contribution in [3.05, 3.63) is 60.4 Å². The van der Waals surface area contributed by atoms with Crippen LogP contribution in [0, 0.1) is 5.82 Å². The molecule has 0 aliphatic heterocycles. The quantitative estimate of drug-likeness (QED) is 0.722. The second kappa shape index (κ2) is 4.46. The van der Waals surface area contributed by atoms with Crippen molar-refractivity contribution in [2.24, 2.45) is 5.11 Å². The third kappa shape index (κ3) is 2.71. The Morgan fingerprint density at radius 2 is 1.53 bits per heavy atom. The summed E-state index contributed by atoms with van der Waals surface area (Å²) in [5.74, 6) is -0.250. The number of nitrogens with one attached hydrogen (secondary N) is 1. The van der Waals surface area contributed by atoms with Gasteiger partial charge in [0.2, 0.25) is 5.69 Å². The summed E-state index contributed by atoms with van der Waals surface area (Å²) in [4.78, 5) is 0. The molecule has 0 saturated carbocycles. The van der Waals surface area contributed by atoms with E-state index in [0.717, 1.165) is 11.4 Å². The van der Waals surface area contributed by atoms with Crippen LogP contribution < -0.4 is 5.11 Å². The maximum Gasteiger partial charge on any atom is 0.229 e. The number of hydrogen-bond donors (Lipinski definition) is 1. The van der Waals surface area contributed by atoms with Gasteiger partial charge < -0.3 is 0 Å². The van der Waals surface area contributed by atoms with Gasteiger partial charge in [-0.1, -0.05) is 23.3 Å². The van der Waals surface area contributed by atoms with Crippen LogP contribution in [0.5, 0.6) is 0 Å². The van der Waals surface area contributed by atoms with Crippen LogP contribution in [0.2, 0.25) is 0 Å². The zero-order valence-electron chi connectivity index (χ0n) is 8.02. The van der Waals surface area contributed by atoms with E-state index in [9.17, 15) is 4.39 Å². The van der Waals surface area contributed by atoms with Crippen LogP contribution >= 0.6 is 0 Å². The van der Waals surface area contributed by atoms with Crippen molar-refractivity contribution in [3.8, 4) is 0 Å². The molecule has 0 spiro atoms. The third-order valence-corrected chi connectivity index (χ3v) is 1.91. The Labute approximate surface area is 87.1 Å². The minimum Gasteiger partial charge on any atom is -0.207 e. The molecule has 0 amide bonds. The van der Waals surface area contributed by atoms with Gasteiger partial charge in [0.15, 0.2) is 0 Å². The van der Waals surface area contributed by atoms with E-state index in [1.807, 2.05) is 30.3 Å². The molecule has 2 nitrogen and oxygen atoms in total. The van der Waals surface area contributed by atoms with Crippen molar-refractivity contribution in [3.63, 3.8) is 0 Å². The molecule has 0 heterocycles. The van der Waals surface area contributed by atoms with Crippen molar-refractivity contribution in [1.29, 1.82) is 0 Å². The van der Waals surface area contributed by atoms with E-state index in [-0.39, 0.29) is 5.82 Å². The molecule has 0 aliphatic carbocycles. The van der Waals surface area contributed by atoms with Gasteiger partial charge in [-0.2, -0.15) is 0 Å². The Hall–Kier alpha value is -2.03. The van der Waals surface area contributed by atoms with Gasteiger partial charge in [-0.05, 0) is 29.4 Å². The fraction of sp³-hybridized carbons (Fsp3) is 0. The van der Waals surface area contributed by atoms with Gasteiger partial charge in [0.25, 0.3) is 0 Å². The normalized spacial score (nSPS) is 10.7. The monoisotopic (exact) mass is 201 g/mol. The number of benzene rings is 2. The first-order valence-corrected chi connectivity index (χ1v) is 4.62. The van der Waals surface area contributed by atoms with Crippen molar-refractivity contribution in [2.45, 2.75) is 0 Å². The van der Waals surface area contributed by atoms with Crippen molar-refractivity contribution in [2.75, 3.05) is 0 Å². The fourth-order valence-corrected chi connectivity index (χ4v) is 1.16. The lowest BCUT2D eigenvalue weighted by Gasteiger charge is -1.86. The van der Waals surface area contributed by atoms with E-state index in [0.29, 0.717) is 0 Å². The second-order valence-corrected chi connectivity index (χ2v) is 3.07. The van der Waals surface area contributed by atoms with Crippen LogP contribution in [0.4, 0.5) is 15.8 Å². The molecule has 74 valence electrons. The average Bonchev–Trinajstić information content (AvgIpc) is 2.30. The number of rotatable bonds is 2. The minimum absolute atomic E-state index is 0.250. The number of nitrogens with zero attached hydrogens (tertiary/aromatic N) is 1. The molecular weight excluding hydrogens is 191 g/mol. The molecule has 2 rings (SSSR count). The summed E-state index contributed by atoms with van der Waals surface area (Å²) in [6.07, 6.45) is 0. The Morgan fingerprint density at radius 3 is 2.20 bits per heavy atom. The van der Waals surface area contributed by atoms with Crippen molar-refractivity contribution >= 4 is 11.4 Å². The van der Waals surface area contributed by atoms with Gasteiger partial charge in [-0.15, -0.1) is 0 Å². The van der Waals surface area contributed by atoms with E-state index >= 15 is 0 Å². The summed E-state index contributed by atoms with van der Waals surface area (Å²) in [7, 11) is 0. The molecule has 0 aromatic heterocycles. The Kier molecular flexibility index (Phi) is 2.83. The average molecular weight is 201 g/mol. The number of para-hydroxylation sites is 1. The lowest BCUT2D eigenvalue weighted by atomic mass is 10.3. The van der Waals surface area contributed by atoms with Gasteiger partial charge in [0.1, 0.15) is 11.5 Å². The molecule has 0 radical (unpaired) electrons. The first kappa shape index (κ1) is 9.52. The van der Waals surface area contributed by atoms with Gasteiger partial charge in [-0.25, -0.2) is 4.39 Å². The number of azo groups is 1. The van der Waals surface area contributed by atoms with E-state index in [4.69, 9.17) is 0 Å². The van der Waals surface area contributed by atoms with E-state index in [2.05, 4.69) is 10.2 Å². The highest BCUT2D eigenvalue weighted by Crippen LogP contribution is 2.07. The Balaban J connectivity index is 2.15. The van der Waals surface area contributed by atoms with E-state index in [1.54, 1.807) is 12.1 Å². The third-order valence-electron chi connectivity index (χ3n) is 1.91. The fourth-order valence-electron chi connectivity index (χ4n) is 1.16. The van der Waals surface area contributed by atoms with Gasteiger partial charge in [0.05, 0.1) is 0 Å². The smallest absolute Gasteiger partial charge is 0.207 e. The standard InChI is InChI=1S/C12H9FN2/c13-10-6-8-12(9-7-10)15-14-11-4-2-1-3-5-11/h1-9H/p+1. The Bertz CT molecular complexity index is 449. The van der Waals surface area contributed by atoms with Crippen LogP contribution in [-0.2, 0) is 0 Å². The first-order chi connectivity index (χ1) is 7.34. The molecule has 0 saturated heterocycles. The second-order valence-electron chi connectivity index (χ2n) is 3.07. The van der Waals surface area contributed by atoms with E-state index < -0.39 is 0 Å². The van der Waals surface area contributed by atoms with Gasteiger partial charge in [-0.3, -0.25) is 0 Å². The molecule has 0 unspecified atom stereocenters. The first-order valence-electron chi connectivity index (χ1n) is 4.62. The lowest BCUT2D eigenvalue weighted by Crippen LogP contribution is -2.57. The highest BCUT2D eigenvalue weighted by atomic mass is 19.1. The van der Waals surface area contributed by atoms with Crippen LogP contribution in [0.25, 0.3) is 0 Å². The molecule has 1 N–H and O–H groups in total. The molecule has 15 heavy (non-hydrogen) atoms. The maximum absolute atomic E-state index is 12.6. The highest BCUT2D eigenvalue weighted by Gasteiger charge is 1.96. The van der Waals surface area contributed by atoms with Crippen LogP contribution in [0.1, 0.15) is 0 Å². The summed E-state index contributed by atoms with van der Waals surface area (Å²) in [6, 6.07) is 15.6. The number of hydrogen-bond acceptors (Lipinski definition) is 1. The molecule has 3 heteroatoms. The zero-order chi connectivity index (χ0) is 10.5.